The highest BCUT2D eigenvalue weighted by Gasteiger charge is 2.31. The Balaban J connectivity index is 2.16. The maximum Gasteiger partial charge on any atom is 0.162 e. The van der Waals surface area contributed by atoms with Crippen LogP contribution in [0.2, 0.25) is 0 Å². The maximum absolute atomic E-state index is 11.4. The predicted octanol–water partition coefficient (Wildman–Crippen LogP) is 2.22. The Morgan fingerprint density at radius 2 is 2.33 bits per heavy atom. The zero-order chi connectivity index (χ0) is 8.55. The van der Waals surface area contributed by atoms with Crippen LogP contribution >= 0.6 is 22.6 Å². The summed E-state index contributed by atoms with van der Waals surface area (Å²) in [6, 6.07) is 0. The number of ketones is 1. The zero-order valence-corrected chi connectivity index (χ0v) is 8.96. The highest BCUT2D eigenvalue weighted by Crippen LogP contribution is 2.34. The van der Waals surface area contributed by atoms with Gasteiger partial charge >= 0.3 is 0 Å². The van der Waals surface area contributed by atoms with E-state index in [1.807, 2.05) is 0 Å². The van der Waals surface area contributed by atoms with Crippen LogP contribution in [0, 0.1) is 0 Å². The number of carbonyl (C=O) groups excluding carboxylic acids is 1. The standard InChI is InChI=1S/C9H11IO2/c10-5-6-4-7-8(11)2-1-3-9(7)12-6/h6H,1-5H2. The lowest BCUT2D eigenvalue weighted by atomic mass is 9.95. The van der Waals surface area contributed by atoms with Crippen molar-refractivity contribution in [3.05, 3.63) is 11.3 Å². The second kappa shape index (κ2) is 3.36. The van der Waals surface area contributed by atoms with Gasteiger partial charge in [-0.25, -0.2) is 0 Å². The summed E-state index contributed by atoms with van der Waals surface area (Å²) in [7, 11) is 0. The molecule has 1 aliphatic carbocycles. The minimum absolute atomic E-state index is 0.276. The van der Waals surface area contributed by atoms with Gasteiger partial charge in [0.1, 0.15) is 11.9 Å². The summed E-state index contributed by atoms with van der Waals surface area (Å²) in [6.07, 6.45) is 3.82. The van der Waals surface area contributed by atoms with E-state index in [0.29, 0.717) is 5.78 Å². The Labute approximate surface area is 85.5 Å². The molecule has 2 rings (SSSR count). The minimum Gasteiger partial charge on any atom is -0.493 e. The molecule has 0 fully saturated rings. The number of halogens is 1. The van der Waals surface area contributed by atoms with Gasteiger partial charge in [0.05, 0.1) is 0 Å². The van der Waals surface area contributed by atoms with Crippen molar-refractivity contribution in [2.75, 3.05) is 4.43 Å². The summed E-state index contributed by atoms with van der Waals surface area (Å²) in [4.78, 5) is 11.4. The summed E-state index contributed by atoms with van der Waals surface area (Å²) in [5, 5.41) is 0. The molecule has 0 radical (unpaired) electrons. The van der Waals surface area contributed by atoms with Crippen LogP contribution in [0.3, 0.4) is 0 Å². The summed E-state index contributed by atoms with van der Waals surface area (Å²) in [5.74, 6) is 1.32. The van der Waals surface area contributed by atoms with Crippen molar-refractivity contribution < 1.29 is 9.53 Å². The van der Waals surface area contributed by atoms with E-state index in [1.165, 1.54) is 0 Å². The third-order valence-electron chi connectivity index (χ3n) is 2.39. The fraction of sp³-hybridized carbons (Fsp3) is 0.667. The van der Waals surface area contributed by atoms with Gasteiger partial charge in [0, 0.05) is 29.3 Å². The van der Waals surface area contributed by atoms with E-state index in [9.17, 15) is 4.79 Å². The number of Topliss-reactive ketones (excluding diaryl/α,β-unsaturated/α-hetero) is 1. The molecule has 1 atom stereocenters. The summed E-state index contributed by atoms with van der Waals surface area (Å²) in [6.45, 7) is 0. The second-order valence-corrected chi connectivity index (χ2v) is 4.16. The molecule has 0 aromatic rings. The first kappa shape index (κ1) is 8.53. The topological polar surface area (TPSA) is 26.3 Å². The van der Waals surface area contributed by atoms with Crippen LogP contribution in [0.5, 0.6) is 0 Å². The fourth-order valence-corrected chi connectivity index (χ4v) is 2.27. The second-order valence-electron chi connectivity index (χ2n) is 3.28. The molecule has 1 heterocycles. The number of rotatable bonds is 1. The Morgan fingerprint density at radius 3 is 3.00 bits per heavy atom. The van der Waals surface area contributed by atoms with Crippen LogP contribution in [0.1, 0.15) is 25.7 Å². The Bertz CT molecular complexity index is 245. The highest BCUT2D eigenvalue weighted by atomic mass is 127. The van der Waals surface area contributed by atoms with Crippen LogP contribution in [-0.4, -0.2) is 16.3 Å². The van der Waals surface area contributed by atoms with Crippen molar-refractivity contribution in [3.8, 4) is 0 Å². The molecule has 2 aliphatic rings. The summed E-state index contributed by atoms with van der Waals surface area (Å²) in [5.41, 5.74) is 0.989. The van der Waals surface area contributed by atoms with E-state index in [4.69, 9.17) is 4.74 Å². The molecule has 0 spiro atoms. The van der Waals surface area contributed by atoms with E-state index >= 15 is 0 Å². The van der Waals surface area contributed by atoms with Crippen LogP contribution in [0.4, 0.5) is 0 Å². The molecular formula is C9H11IO2. The molecule has 0 saturated carbocycles. The molecule has 0 N–H and O–H groups in total. The Kier molecular flexibility index (Phi) is 2.39. The van der Waals surface area contributed by atoms with E-state index < -0.39 is 0 Å². The van der Waals surface area contributed by atoms with Crippen LogP contribution in [0.15, 0.2) is 11.3 Å². The zero-order valence-electron chi connectivity index (χ0n) is 6.81. The van der Waals surface area contributed by atoms with Crippen LogP contribution in [-0.2, 0) is 9.53 Å². The SMILES string of the molecule is O=C1CCCC2=C1CC(CI)O2. The molecule has 3 heteroatoms. The molecule has 0 aromatic heterocycles. The number of hydrogen-bond acceptors (Lipinski definition) is 2. The van der Waals surface area contributed by atoms with Crippen molar-refractivity contribution in [2.24, 2.45) is 0 Å². The smallest absolute Gasteiger partial charge is 0.162 e. The lowest BCUT2D eigenvalue weighted by Crippen LogP contribution is -2.08. The van der Waals surface area contributed by atoms with Crippen molar-refractivity contribution in [1.82, 2.24) is 0 Å². The van der Waals surface area contributed by atoms with Crippen molar-refractivity contribution in [3.63, 3.8) is 0 Å². The normalized spacial score (nSPS) is 28.8. The van der Waals surface area contributed by atoms with Crippen LogP contribution in [0.25, 0.3) is 0 Å². The molecule has 0 bridgehead atoms. The van der Waals surface area contributed by atoms with Crippen molar-refractivity contribution >= 4 is 28.4 Å². The lowest BCUT2D eigenvalue weighted by molar-refractivity contribution is -0.116. The first-order chi connectivity index (χ1) is 5.81. The number of alkyl halides is 1. The molecule has 1 unspecified atom stereocenters. The fourth-order valence-electron chi connectivity index (χ4n) is 1.78. The van der Waals surface area contributed by atoms with Crippen molar-refractivity contribution in [1.29, 1.82) is 0 Å². The predicted molar refractivity (Wildman–Crippen MR) is 54.3 cm³/mol. The van der Waals surface area contributed by atoms with E-state index in [1.54, 1.807) is 0 Å². The molecule has 66 valence electrons. The number of hydrogen-bond donors (Lipinski definition) is 0. The molecule has 0 aromatic carbocycles. The van der Waals surface area contributed by atoms with E-state index in [0.717, 1.165) is 41.4 Å². The van der Waals surface area contributed by atoms with Gasteiger partial charge in [-0.05, 0) is 6.42 Å². The van der Waals surface area contributed by atoms with Gasteiger partial charge in [0.15, 0.2) is 5.78 Å². The number of carbonyl (C=O) groups is 1. The van der Waals surface area contributed by atoms with Crippen molar-refractivity contribution in [2.45, 2.75) is 31.8 Å². The van der Waals surface area contributed by atoms with E-state index in [-0.39, 0.29) is 6.10 Å². The lowest BCUT2D eigenvalue weighted by Gasteiger charge is -2.11. The molecule has 0 saturated heterocycles. The number of allylic oxidation sites excluding steroid dienone is 1. The molecule has 0 amide bonds. The van der Waals surface area contributed by atoms with Gasteiger partial charge in [0.25, 0.3) is 0 Å². The van der Waals surface area contributed by atoms with Gasteiger partial charge in [-0.1, -0.05) is 22.6 Å². The van der Waals surface area contributed by atoms with Gasteiger partial charge in [-0.15, -0.1) is 0 Å². The van der Waals surface area contributed by atoms with Gasteiger partial charge in [-0.2, -0.15) is 0 Å². The van der Waals surface area contributed by atoms with Gasteiger partial charge in [0.2, 0.25) is 0 Å². The largest absolute Gasteiger partial charge is 0.493 e. The summed E-state index contributed by atoms with van der Waals surface area (Å²) >= 11 is 2.31. The first-order valence-corrected chi connectivity index (χ1v) is 5.81. The van der Waals surface area contributed by atoms with Gasteiger partial charge in [-0.3, -0.25) is 4.79 Å². The Morgan fingerprint density at radius 1 is 1.50 bits per heavy atom. The van der Waals surface area contributed by atoms with Gasteiger partial charge < -0.3 is 4.74 Å². The molecule has 12 heavy (non-hydrogen) atoms. The average molecular weight is 278 g/mol. The third-order valence-corrected chi connectivity index (χ3v) is 3.38. The summed E-state index contributed by atoms with van der Waals surface area (Å²) < 4.78 is 6.62. The minimum atomic E-state index is 0.276. The maximum atomic E-state index is 11.4. The average Bonchev–Trinajstić information content (AvgIpc) is 2.49. The molecule has 2 nitrogen and oxygen atoms in total. The number of ether oxygens (including phenoxy) is 1. The Hall–Kier alpha value is -0.0600. The quantitative estimate of drug-likeness (QED) is 0.543. The van der Waals surface area contributed by atoms with Crippen LogP contribution < -0.4 is 0 Å². The third kappa shape index (κ3) is 1.39. The molecule has 1 aliphatic heterocycles. The molecular weight excluding hydrogens is 267 g/mol. The highest BCUT2D eigenvalue weighted by molar-refractivity contribution is 14.1. The monoisotopic (exact) mass is 278 g/mol. The first-order valence-electron chi connectivity index (χ1n) is 4.29. The van der Waals surface area contributed by atoms with E-state index in [2.05, 4.69) is 22.6 Å².